The minimum Gasteiger partial charge on any atom is -0.367 e. The van der Waals surface area contributed by atoms with Crippen molar-refractivity contribution in [1.82, 2.24) is 15.3 Å². The van der Waals surface area contributed by atoms with Crippen molar-refractivity contribution < 1.29 is 26.4 Å². The number of hydrogen-bond donors (Lipinski definition) is 2. The molecule has 2 aromatic heterocycles. The molecule has 2 fully saturated rings. The molecular formula is C27H27F3N4O3S. The molecule has 1 aromatic carbocycles. The van der Waals surface area contributed by atoms with Crippen molar-refractivity contribution >= 4 is 21.6 Å². The van der Waals surface area contributed by atoms with Gasteiger partial charge in [-0.05, 0) is 79.6 Å². The quantitative estimate of drug-likeness (QED) is 0.455. The number of anilines is 1. The number of carbonyl (C=O) groups excluding carboxylic acids is 1. The molecule has 1 aliphatic carbocycles. The number of amides is 1. The van der Waals surface area contributed by atoms with Gasteiger partial charge in [0.25, 0.3) is 0 Å². The molecular weight excluding hydrogens is 517 g/mol. The van der Waals surface area contributed by atoms with Gasteiger partial charge in [0.1, 0.15) is 5.82 Å². The van der Waals surface area contributed by atoms with Crippen LogP contribution in [0.25, 0.3) is 11.1 Å². The summed E-state index contributed by atoms with van der Waals surface area (Å²) in [5.74, 6) is 0.0404. The first-order valence-electron chi connectivity index (χ1n) is 12.5. The maximum Gasteiger partial charge on any atom is 0.417 e. The Hall–Kier alpha value is -3.47. The minimum absolute atomic E-state index is 0.0309. The second kappa shape index (κ2) is 10.4. The molecule has 0 radical (unpaired) electrons. The first-order valence-corrected chi connectivity index (χ1v) is 14.0. The summed E-state index contributed by atoms with van der Waals surface area (Å²) in [4.78, 5) is 20.5. The van der Waals surface area contributed by atoms with E-state index in [1.165, 1.54) is 6.07 Å². The molecule has 0 spiro atoms. The van der Waals surface area contributed by atoms with Crippen LogP contribution in [0.4, 0.5) is 19.0 Å². The van der Waals surface area contributed by atoms with Crippen molar-refractivity contribution in [2.45, 2.75) is 60.4 Å². The summed E-state index contributed by atoms with van der Waals surface area (Å²) in [6.45, 7) is 0.631. The lowest BCUT2D eigenvalue weighted by atomic mass is 9.95. The molecule has 7 nitrogen and oxygen atoms in total. The van der Waals surface area contributed by atoms with E-state index < -0.39 is 26.8 Å². The Kier molecular flexibility index (Phi) is 7.13. The van der Waals surface area contributed by atoms with Crippen LogP contribution < -0.4 is 10.6 Å². The fourth-order valence-electron chi connectivity index (χ4n) is 5.10. The van der Waals surface area contributed by atoms with Crippen molar-refractivity contribution in [2.75, 3.05) is 11.9 Å². The van der Waals surface area contributed by atoms with Gasteiger partial charge in [-0.2, -0.15) is 13.2 Å². The lowest BCUT2D eigenvalue weighted by Crippen LogP contribution is -2.33. The topological polar surface area (TPSA) is 101 Å². The monoisotopic (exact) mass is 544 g/mol. The van der Waals surface area contributed by atoms with Crippen LogP contribution in [0.1, 0.15) is 49.3 Å². The highest BCUT2D eigenvalue weighted by Gasteiger charge is 2.33. The van der Waals surface area contributed by atoms with Gasteiger partial charge in [0.15, 0.2) is 9.84 Å². The number of aromatic nitrogens is 2. The number of alkyl halides is 3. The predicted octanol–water partition coefficient (Wildman–Crippen LogP) is 4.96. The van der Waals surface area contributed by atoms with Crippen LogP contribution in [0.3, 0.4) is 0 Å². The van der Waals surface area contributed by atoms with Gasteiger partial charge in [-0.3, -0.25) is 9.78 Å². The largest absolute Gasteiger partial charge is 0.417 e. The number of nitrogens with one attached hydrogen (secondary N) is 2. The molecule has 1 saturated heterocycles. The smallest absolute Gasteiger partial charge is 0.367 e. The van der Waals surface area contributed by atoms with E-state index in [4.69, 9.17) is 0 Å². The maximum absolute atomic E-state index is 13.3. The molecule has 11 heteroatoms. The Morgan fingerprint density at radius 2 is 1.63 bits per heavy atom. The molecule has 1 aliphatic heterocycles. The van der Waals surface area contributed by atoms with Crippen LogP contribution in [-0.2, 0) is 20.8 Å². The number of rotatable bonds is 6. The first-order chi connectivity index (χ1) is 18.1. The highest BCUT2D eigenvalue weighted by molar-refractivity contribution is 7.92. The molecule has 2 aliphatic rings. The number of nitrogens with zero attached hydrogens (tertiary/aromatic N) is 2. The second-order valence-corrected chi connectivity index (χ2v) is 11.9. The van der Waals surface area contributed by atoms with Crippen LogP contribution in [0.15, 0.2) is 65.8 Å². The predicted molar refractivity (Wildman–Crippen MR) is 136 cm³/mol. The third-order valence-corrected chi connectivity index (χ3v) is 9.54. The molecule has 1 unspecified atom stereocenters. The molecule has 0 bridgehead atoms. The van der Waals surface area contributed by atoms with Gasteiger partial charge < -0.3 is 10.6 Å². The van der Waals surface area contributed by atoms with Crippen molar-refractivity contribution in [3.63, 3.8) is 0 Å². The lowest BCUT2D eigenvalue weighted by Gasteiger charge is -2.29. The Labute approximate surface area is 218 Å². The second-order valence-electron chi connectivity index (χ2n) is 9.72. The molecule has 3 aromatic rings. The van der Waals surface area contributed by atoms with Gasteiger partial charge >= 0.3 is 6.18 Å². The summed E-state index contributed by atoms with van der Waals surface area (Å²) in [5, 5.41) is 5.41. The molecule has 3 heterocycles. The molecule has 1 saturated carbocycles. The van der Waals surface area contributed by atoms with E-state index in [0.717, 1.165) is 23.4 Å². The summed E-state index contributed by atoms with van der Waals surface area (Å²) in [6, 6.07) is 12.7. The van der Waals surface area contributed by atoms with Crippen molar-refractivity contribution in [3.05, 3.63) is 72.2 Å². The molecule has 1 amide bonds. The highest BCUT2D eigenvalue weighted by atomic mass is 32.2. The summed E-state index contributed by atoms with van der Waals surface area (Å²) in [5.41, 5.74) is 1.59. The molecule has 200 valence electrons. The van der Waals surface area contributed by atoms with Gasteiger partial charge in [-0.25, -0.2) is 13.4 Å². The Morgan fingerprint density at radius 1 is 0.895 bits per heavy atom. The summed E-state index contributed by atoms with van der Waals surface area (Å²) < 4.78 is 64.8. The van der Waals surface area contributed by atoms with E-state index in [-0.39, 0.29) is 22.8 Å². The van der Waals surface area contributed by atoms with Crippen LogP contribution in [0.2, 0.25) is 0 Å². The van der Waals surface area contributed by atoms with Crippen molar-refractivity contribution in [3.8, 4) is 11.1 Å². The number of benzene rings is 1. The number of pyridine rings is 2. The van der Waals surface area contributed by atoms with Gasteiger partial charge in [0, 0.05) is 25.0 Å². The fourth-order valence-corrected chi connectivity index (χ4v) is 6.89. The Balaban J connectivity index is 1.21. The zero-order valence-electron chi connectivity index (χ0n) is 20.4. The molecule has 38 heavy (non-hydrogen) atoms. The van der Waals surface area contributed by atoms with E-state index in [1.54, 1.807) is 30.5 Å². The summed E-state index contributed by atoms with van der Waals surface area (Å²) in [7, 11) is -3.54. The summed E-state index contributed by atoms with van der Waals surface area (Å²) >= 11 is 0. The maximum atomic E-state index is 13.3. The molecule has 2 N–H and O–H groups in total. The third-order valence-electron chi connectivity index (χ3n) is 7.26. The normalized spacial score (nSPS) is 22.2. The van der Waals surface area contributed by atoms with Gasteiger partial charge in [-0.1, -0.05) is 12.1 Å². The Morgan fingerprint density at radius 3 is 2.24 bits per heavy atom. The van der Waals surface area contributed by atoms with E-state index in [2.05, 4.69) is 20.6 Å². The highest BCUT2D eigenvalue weighted by Crippen LogP contribution is 2.33. The van der Waals surface area contributed by atoms with E-state index >= 15 is 0 Å². The van der Waals surface area contributed by atoms with Gasteiger partial charge in [0.2, 0.25) is 5.91 Å². The van der Waals surface area contributed by atoms with Crippen LogP contribution in [0.5, 0.6) is 0 Å². The average molecular weight is 545 g/mol. The number of halogens is 3. The lowest BCUT2D eigenvalue weighted by molar-refractivity contribution is -0.137. The first kappa shape index (κ1) is 26.1. The van der Waals surface area contributed by atoms with E-state index in [0.29, 0.717) is 50.2 Å². The van der Waals surface area contributed by atoms with Crippen LogP contribution >= 0.6 is 0 Å². The minimum atomic E-state index is -4.44. The standard InChI is InChI=1S/C27H27F3N4O3S/c28-27(29,30)19-3-10-25(33-16-19)34-20-4-8-22(9-5-20)38(36,37)21-6-1-17(2-7-21)18-11-13-31-24(15-18)23-12-14-32-26(23)35/h1-3,6-7,10-11,13,15-16,20,22-23H,4-5,8-9,12,14H2,(H,32,35)(H,33,34). The molecule has 5 rings (SSSR count). The Bertz CT molecular complexity index is 1400. The van der Waals surface area contributed by atoms with E-state index in [1.807, 2.05) is 12.1 Å². The average Bonchev–Trinajstić information content (AvgIpc) is 3.35. The zero-order chi connectivity index (χ0) is 26.9. The number of hydrogen-bond acceptors (Lipinski definition) is 6. The van der Waals surface area contributed by atoms with Crippen molar-refractivity contribution in [2.24, 2.45) is 0 Å². The fraction of sp³-hybridized carbons (Fsp3) is 0.370. The van der Waals surface area contributed by atoms with Gasteiger partial charge in [-0.15, -0.1) is 0 Å². The van der Waals surface area contributed by atoms with Gasteiger partial charge in [0.05, 0.1) is 27.3 Å². The van der Waals surface area contributed by atoms with Crippen molar-refractivity contribution in [1.29, 1.82) is 0 Å². The SMILES string of the molecule is O=C1NCCC1c1cc(-c2ccc(S(=O)(=O)C3CCC(Nc4ccc(C(F)(F)F)cn4)CC3)cc2)ccn1. The summed E-state index contributed by atoms with van der Waals surface area (Å²) in [6.07, 6.45) is 0.738. The third kappa shape index (κ3) is 5.52. The van der Waals surface area contributed by atoms with Crippen LogP contribution in [-0.4, -0.2) is 42.1 Å². The molecule has 1 atom stereocenters. The number of carbonyl (C=O) groups is 1. The zero-order valence-corrected chi connectivity index (χ0v) is 21.2. The number of sulfone groups is 1. The van der Waals surface area contributed by atoms with E-state index in [9.17, 15) is 26.4 Å². The van der Waals surface area contributed by atoms with Crippen LogP contribution in [0, 0.1) is 0 Å².